The summed E-state index contributed by atoms with van der Waals surface area (Å²) >= 11 is 0. The van der Waals surface area contributed by atoms with Crippen LogP contribution in [0.2, 0.25) is 0 Å². The first kappa shape index (κ1) is 20.9. The van der Waals surface area contributed by atoms with Crippen LogP contribution < -0.4 is 5.73 Å². The average Bonchev–Trinajstić information content (AvgIpc) is 2.54. The van der Waals surface area contributed by atoms with Gasteiger partial charge in [0, 0.05) is 18.4 Å². The second-order valence-electron chi connectivity index (χ2n) is 5.09. The van der Waals surface area contributed by atoms with Gasteiger partial charge in [-0.3, -0.25) is 14.2 Å². The van der Waals surface area contributed by atoms with Crippen molar-refractivity contribution in [2.45, 2.75) is 24.6 Å². The average molecular weight is 387 g/mol. The maximum Gasteiger partial charge on any atom is 0.310 e. The maximum absolute atomic E-state index is 13.7. The molecule has 12 heteroatoms. The zero-order valence-corrected chi connectivity index (χ0v) is 13.1. The minimum atomic E-state index is -2.94. The first-order valence-electron chi connectivity index (χ1n) is 6.54. The monoisotopic (exact) mass is 387 g/mol. The van der Waals surface area contributed by atoms with Crippen LogP contribution in [0.3, 0.4) is 0 Å². The highest BCUT2D eigenvalue weighted by molar-refractivity contribution is 7.25. The third-order valence-electron chi connectivity index (χ3n) is 3.43. The van der Waals surface area contributed by atoms with Gasteiger partial charge in [0.2, 0.25) is 11.7 Å². The van der Waals surface area contributed by atoms with Crippen LogP contribution in [0.25, 0.3) is 0 Å². The predicted octanol–water partition coefficient (Wildman–Crippen LogP) is 1.87. The minimum absolute atomic E-state index is 0.591. The molecule has 2 unspecified atom stereocenters. The Kier molecular flexibility index (Phi) is 6.55. The summed E-state index contributed by atoms with van der Waals surface area (Å²) in [6, 6.07) is 0. The van der Waals surface area contributed by atoms with Crippen molar-refractivity contribution in [3.8, 4) is 0 Å². The second-order valence-corrected chi connectivity index (χ2v) is 6.05. The number of halogens is 5. The Balaban J connectivity index is 3.38. The van der Waals surface area contributed by atoms with E-state index < -0.39 is 85.5 Å². The van der Waals surface area contributed by atoms with E-state index in [2.05, 4.69) is 0 Å². The van der Waals surface area contributed by atoms with Crippen molar-refractivity contribution >= 4 is 20.3 Å². The summed E-state index contributed by atoms with van der Waals surface area (Å²) in [5, 5.41) is 16.3. The largest absolute Gasteiger partial charge is 0.481 e. The summed E-state index contributed by atoms with van der Waals surface area (Å²) in [6.45, 7) is 0. The standard InChI is InChI=1S/C13H11F5NO5P/c14-7-4(8(15)10(17)11(18)9(7)16)3-13(23,25-24)5(12(21)22)1-2-6(19)20/h5,23H,1-3H2,(H2,19,20)(H,21,22). The summed E-state index contributed by atoms with van der Waals surface area (Å²) < 4.78 is 78.0. The molecule has 0 aliphatic rings. The highest BCUT2D eigenvalue weighted by Crippen LogP contribution is 2.38. The summed E-state index contributed by atoms with van der Waals surface area (Å²) in [4.78, 5) is 22.0. The molecule has 25 heavy (non-hydrogen) atoms. The summed E-state index contributed by atoms with van der Waals surface area (Å²) in [7, 11) is -1.36. The van der Waals surface area contributed by atoms with Gasteiger partial charge in [-0.1, -0.05) is 0 Å². The van der Waals surface area contributed by atoms with Crippen molar-refractivity contribution in [1.82, 2.24) is 0 Å². The lowest BCUT2D eigenvalue weighted by Gasteiger charge is -2.27. The van der Waals surface area contributed by atoms with Crippen LogP contribution in [0.15, 0.2) is 0 Å². The Morgan fingerprint density at radius 1 is 1.04 bits per heavy atom. The summed E-state index contributed by atoms with van der Waals surface area (Å²) in [5.74, 6) is -16.5. The molecule has 0 heterocycles. The molecule has 0 saturated carbocycles. The molecule has 6 nitrogen and oxygen atoms in total. The lowest BCUT2D eigenvalue weighted by atomic mass is 9.90. The summed E-state index contributed by atoms with van der Waals surface area (Å²) in [5.41, 5.74) is 3.29. The first-order chi connectivity index (χ1) is 11.5. The van der Waals surface area contributed by atoms with Crippen molar-refractivity contribution in [3.63, 3.8) is 0 Å². The number of rotatable bonds is 8. The van der Waals surface area contributed by atoms with E-state index in [1.165, 1.54) is 0 Å². The van der Waals surface area contributed by atoms with Crippen LogP contribution >= 0.6 is 8.46 Å². The van der Waals surface area contributed by atoms with E-state index in [-0.39, 0.29) is 0 Å². The molecule has 1 aromatic rings. The highest BCUT2D eigenvalue weighted by Gasteiger charge is 2.45. The van der Waals surface area contributed by atoms with Crippen molar-refractivity contribution in [1.29, 1.82) is 0 Å². The first-order valence-corrected chi connectivity index (χ1v) is 7.35. The molecule has 0 saturated heterocycles. The number of hydrogen-bond acceptors (Lipinski definition) is 4. The molecule has 0 aliphatic carbocycles. The topological polar surface area (TPSA) is 118 Å². The number of benzene rings is 1. The van der Waals surface area contributed by atoms with Gasteiger partial charge in [0.25, 0.3) is 0 Å². The van der Waals surface area contributed by atoms with E-state index in [0.29, 0.717) is 0 Å². The third kappa shape index (κ3) is 4.29. The number of primary amides is 1. The SMILES string of the molecule is NC(=O)CCC(C(=O)O)C(O)(Cc1c(F)c(F)c(F)c(F)c1F)P=O. The van der Waals surface area contributed by atoms with E-state index in [9.17, 15) is 41.2 Å². The molecule has 0 fully saturated rings. The van der Waals surface area contributed by atoms with Crippen molar-refractivity contribution in [2.75, 3.05) is 0 Å². The molecule has 1 aromatic carbocycles. The molecule has 0 bridgehead atoms. The molecular weight excluding hydrogens is 376 g/mol. The Hall–Kier alpha value is -2.13. The van der Waals surface area contributed by atoms with Crippen molar-refractivity contribution < 1.29 is 46.3 Å². The van der Waals surface area contributed by atoms with Crippen LogP contribution in [0.5, 0.6) is 0 Å². The Morgan fingerprint density at radius 2 is 1.48 bits per heavy atom. The lowest BCUT2D eigenvalue weighted by Crippen LogP contribution is -2.40. The smallest absolute Gasteiger partial charge is 0.310 e. The van der Waals surface area contributed by atoms with E-state index >= 15 is 0 Å². The van der Waals surface area contributed by atoms with Gasteiger partial charge in [0.1, 0.15) is 0 Å². The molecule has 0 spiro atoms. The Morgan fingerprint density at radius 3 is 1.84 bits per heavy atom. The molecule has 0 aromatic heterocycles. The van der Waals surface area contributed by atoms with E-state index in [4.69, 9.17) is 10.8 Å². The highest BCUT2D eigenvalue weighted by atomic mass is 31.1. The van der Waals surface area contributed by atoms with E-state index in [1.807, 2.05) is 0 Å². The molecule has 0 radical (unpaired) electrons. The van der Waals surface area contributed by atoms with Gasteiger partial charge < -0.3 is 15.9 Å². The van der Waals surface area contributed by atoms with Crippen LogP contribution in [0.1, 0.15) is 18.4 Å². The zero-order chi connectivity index (χ0) is 19.5. The Labute approximate surface area is 138 Å². The zero-order valence-electron chi connectivity index (χ0n) is 12.2. The van der Waals surface area contributed by atoms with Gasteiger partial charge in [0.15, 0.2) is 37.1 Å². The normalized spacial score (nSPS) is 15.0. The van der Waals surface area contributed by atoms with Gasteiger partial charge in [0.05, 0.1) is 5.92 Å². The molecule has 138 valence electrons. The number of nitrogens with two attached hydrogens (primary N) is 1. The number of carbonyl (C=O) groups is 2. The lowest BCUT2D eigenvalue weighted by molar-refractivity contribution is -0.147. The Bertz CT molecular complexity index is 702. The second kappa shape index (κ2) is 7.83. The number of carboxylic acids is 1. The number of amides is 1. The van der Waals surface area contributed by atoms with Gasteiger partial charge in [-0.05, 0) is 6.42 Å². The van der Waals surface area contributed by atoms with Gasteiger partial charge in [-0.15, -0.1) is 0 Å². The van der Waals surface area contributed by atoms with E-state index in [1.54, 1.807) is 0 Å². The molecule has 2 atom stereocenters. The fourth-order valence-electron chi connectivity index (χ4n) is 2.12. The fraction of sp³-hybridized carbons (Fsp3) is 0.385. The minimum Gasteiger partial charge on any atom is -0.481 e. The van der Waals surface area contributed by atoms with Gasteiger partial charge >= 0.3 is 5.97 Å². The molecule has 1 amide bonds. The van der Waals surface area contributed by atoms with Crippen LogP contribution in [0, 0.1) is 35.0 Å². The number of aliphatic hydroxyl groups is 1. The van der Waals surface area contributed by atoms with Crippen LogP contribution in [-0.2, 0) is 20.6 Å². The quantitative estimate of drug-likeness (QED) is 0.272. The predicted molar refractivity (Wildman–Crippen MR) is 72.0 cm³/mol. The van der Waals surface area contributed by atoms with Crippen molar-refractivity contribution in [3.05, 3.63) is 34.6 Å². The fourth-order valence-corrected chi connectivity index (χ4v) is 2.71. The molecule has 0 aliphatic heterocycles. The van der Waals surface area contributed by atoms with E-state index in [0.717, 1.165) is 0 Å². The molecular formula is C13H11F5NO5P. The molecule has 4 N–H and O–H groups in total. The van der Waals surface area contributed by atoms with Gasteiger partial charge in [-0.2, -0.15) is 0 Å². The maximum atomic E-state index is 13.7. The summed E-state index contributed by atoms with van der Waals surface area (Å²) in [6.07, 6.45) is -2.74. The van der Waals surface area contributed by atoms with Crippen LogP contribution in [0.4, 0.5) is 22.0 Å². The molecule has 1 rings (SSSR count). The van der Waals surface area contributed by atoms with Crippen LogP contribution in [-0.4, -0.2) is 27.4 Å². The third-order valence-corrected chi connectivity index (χ3v) is 4.22. The number of carbonyl (C=O) groups excluding carboxylic acids is 1. The number of aliphatic carboxylic acids is 1. The van der Waals surface area contributed by atoms with Gasteiger partial charge in [-0.25, -0.2) is 22.0 Å². The number of carboxylic acid groups (broad SMARTS) is 1. The number of hydrogen-bond donors (Lipinski definition) is 3. The van der Waals surface area contributed by atoms with Crippen molar-refractivity contribution in [2.24, 2.45) is 11.7 Å².